The molecule has 1 unspecified atom stereocenters. The van der Waals surface area contributed by atoms with Gasteiger partial charge in [-0.1, -0.05) is 31.9 Å². The number of carbonyl (C=O) groups is 2. The first-order valence-corrected chi connectivity index (χ1v) is 8.99. The molecule has 0 aromatic heterocycles. The Balaban J connectivity index is 2.04. The van der Waals surface area contributed by atoms with Crippen LogP contribution in [-0.4, -0.2) is 43.1 Å². The molecule has 5 heteroatoms. The number of hydrogen-bond acceptors (Lipinski definition) is 4. The highest BCUT2D eigenvalue weighted by molar-refractivity contribution is 5.79. The zero-order valence-electron chi connectivity index (χ0n) is 15.7. The molecule has 0 N–H and O–H groups in total. The Bertz CT molecular complexity index is 608. The molecule has 0 radical (unpaired) electrons. The Morgan fingerprint density at radius 1 is 1.24 bits per heavy atom. The summed E-state index contributed by atoms with van der Waals surface area (Å²) >= 11 is 0. The molecule has 1 amide bonds. The average Bonchev–Trinajstić information content (AvgIpc) is 3.13. The third-order valence-electron chi connectivity index (χ3n) is 4.85. The van der Waals surface area contributed by atoms with Crippen LogP contribution in [0.5, 0.6) is 5.75 Å². The molecule has 0 heterocycles. The SMILES string of the molecule is COC(=O)C(C)CN(C(=O)COc1cc(C)ccc1C)C1CCCC1. The van der Waals surface area contributed by atoms with Crippen LogP contribution in [0, 0.1) is 19.8 Å². The molecule has 0 bridgehead atoms. The van der Waals surface area contributed by atoms with Crippen molar-refractivity contribution in [3.63, 3.8) is 0 Å². The molecule has 5 nitrogen and oxygen atoms in total. The van der Waals surface area contributed by atoms with Gasteiger partial charge in [0, 0.05) is 12.6 Å². The summed E-state index contributed by atoms with van der Waals surface area (Å²) < 4.78 is 10.6. The van der Waals surface area contributed by atoms with E-state index in [2.05, 4.69) is 0 Å². The predicted molar refractivity (Wildman–Crippen MR) is 96.6 cm³/mol. The number of nitrogens with zero attached hydrogens (tertiary/aromatic N) is 1. The lowest BCUT2D eigenvalue weighted by atomic mass is 10.1. The summed E-state index contributed by atoms with van der Waals surface area (Å²) in [6.07, 6.45) is 4.23. The summed E-state index contributed by atoms with van der Waals surface area (Å²) in [5.41, 5.74) is 2.11. The molecule has 2 rings (SSSR count). The van der Waals surface area contributed by atoms with Crippen LogP contribution in [0.2, 0.25) is 0 Å². The number of ether oxygens (including phenoxy) is 2. The molecular formula is C20H29NO4. The van der Waals surface area contributed by atoms with Gasteiger partial charge in [-0.3, -0.25) is 9.59 Å². The van der Waals surface area contributed by atoms with Crippen LogP contribution >= 0.6 is 0 Å². The minimum Gasteiger partial charge on any atom is -0.483 e. The second-order valence-electron chi connectivity index (χ2n) is 6.97. The number of hydrogen-bond donors (Lipinski definition) is 0. The molecule has 1 fully saturated rings. The van der Waals surface area contributed by atoms with Crippen molar-refractivity contribution >= 4 is 11.9 Å². The van der Waals surface area contributed by atoms with Crippen LogP contribution in [0.15, 0.2) is 18.2 Å². The molecule has 138 valence electrons. The largest absolute Gasteiger partial charge is 0.483 e. The van der Waals surface area contributed by atoms with E-state index in [4.69, 9.17) is 9.47 Å². The highest BCUT2D eigenvalue weighted by Crippen LogP contribution is 2.25. The third-order valence-corrected chi connectivity index (χ3v) is 4.85. The fourth-order valence-electron chi connectivity index (χ4n) is 3.33. The third kappa shape index (κ3) is 5.21. The van der Waals surface area contributed by atoms with Crippen LogP contribution in [0.3, 0.4) is 0 Å². The zero-order valence-corrected chi connectivity index (χ0v) is 15.7. The normalized spacial score (nSPS) is 15.7. The molecular weight excluding hydrogens is 318 g/mol. The van der Waals surface area contributed by atoms with E-state index < -0.39 is 0 Å². The molecule has 1 aliphatic carbocycles. The van der Waals surface area contributed by atoms with Crippen LogP contribution in [0.4, 0.5) is 0 Å². The quantitative estimate of drug-likeness (QED) is 0.711. The molecule has 1 aromatic carbocycles. The molecule has 1 aromatic rings. The first-order chi connectivity index (χ1) is 11.9. The number of methoxy groups -OCH3 is 1. The summed E-state index contributed by atoms with van der Waals surface area (Å²) in [4.78, 5) is 26.4. The van der Waals surface area contributed by atoms with Gasteiger partial charge in [0.2, 0.25) is 0 Å². The Kier molecular flexibility index (Phi) is 6.85. The Morgan fingerprint density at radius 2 is 1.92 bits per heavy atom. The van der Waals surface area contributed by atoms with Crippen molar-refractivity contribution in [2.24, 2.45) is 5.92 Å². The van der Waals surface area contributed by atoms with Crippen molar-refractivity contribution in [2.75, 3.05) is 20.3 Å². The van der Waals surface area contributed by atoms with Gasteiger partial charge in [0.05, 0.1) is 13.0 Å². The topological polar surface area (TPSA) is 55.8 Å². The van der Waals surface area contributed by atoms with E-state index in [0.717, 1.165) is 42.6 Å². The standard InChI is InChI=1S/C20H29NO4/c1-14-9-10-15(2)18(11-14)25-13-19(22)21(17-7-5-6-8-17)12-16(3)20(23)24-4/h9-11,16-17H,5-8,12-13H2,1-4H3. The first kappa shape index (κ1) is 19.3. The molecule has 1 aliphatic rings. The maximum Gasteiger partial charge on any atom is 0.310 e. The molecule has 0 aliphatic heterocycles. The van der Waals surface area contributed by atoms with E-state index in [1.165, 1.54) is 7.11 Å². The number of aryl methyl sites for hydroxylation is 2. The zero-order chi connectivity index (χ0) is 18.4. The van der Waals surface area contributed by atoms with Crippen molar-refractivity contribution in [1.82, 2.24) is 4.90 Å². The van der Waals surface area contributed by atoms with Gasteiger partial charge in [-0.05, 0) is 43.9 Å². The lowest BCUT2D eigenvalue weighted by Crippen LogP contribution is -2.45. The smallest absolute Gasteiger partial charge is 0.310 e. The second kappa shape index (κ2) is 8.88. The van der Waals surface area contributed by atoms with Gasteiger partial charge in [0.25, 0.3) is 5.91 Å². The second-order valence-corrected chi connectivity index (χ2v) is 6.97. The van der Waals surface area contributed by atoms with Crippen LogP contribution < -0.4 is 4.74 Å². The van der Waals surface area contributed by atoms with Gasteiger partial charge in [-0.25, -0.2) is 0 Å². The highest BCUT2D eigenvalue weighted by atomic mass is 16.5. The number of rotatable bonds is 7. The summed E-state index contributed by atoms with van der Waals surface area (Å²) in [7, 11) is 1.38. The molecule has 1 saturated carbocycles. The van der Waals surface area contributed by atoms with Crippen LogP contribution in [-0.2, 0) is 14.3 Å². The van der Waals surface area contributed by atoms with Gasteiger partial charge in [0.15, 0.2) is 6.61 Å². The van der Waals surface area contributed by atoms with Crippen LogP contribution in [0.25, 0.3) is 0 Å². The lowest BCUT2D eigenvalue weighted by molar-refractivity contribution is -0.147. The monoisotopic (exact) mass is 347 g/mol. The van der Waals surface area contributed by atoms with Crippen molar-refractivity contribution < 1.29 is 19.1 Å². The Hall–Kier alpha value is -2.04. The summed E-state index contributed by atoms with van der Waals surface area (Å²) in [5.74, 6) is 0.0470. The summed E-state index contributed by atoms with van der Waals surface area (Å²) in [5, 5.41) is 0. The van der Waals surface area contributed by atoms with E-state index in [-0.39, 0.29) is 30.4 Å². The molecule has 0 saturated heterocycles. The fourth-order valence-corrected chi connectivity index (χ4v) is 3.33. The van der Waals surface area contributed by atoms with Crippen LogP contribution in [0.1, 0.15) is 43.7 Å². The minimum atomic E-state index is -0.338. The maximum absolute atomic E-state index is 12.8. The van der Waals surface area contributed by atoms with E-state index >= 15 is 0 Å². The van der Waals surface area contributed by atoms with E-state index in [1.807, 2.05) is 36.9 Å². The lowest BCUT2D eigenvalue weighted by Gasteiger charge is -2.31. The van der Waals surface area contributed by atoms with Gasteiger partial charge in [0.1, 0.15) is 5.75 Å². The first-order valence-electron chi connectivity index (χ1n) is 8.99. The molecule has 25 heavy (non-hydrogen) atoms. The van der Waals surface area contributed by atoms with Gasteiger partial charge < -0.3 is 14.4 Å². The number of esters is 1. The number of carbonyl (C=O) groups excluding carboxylic acids is 2. The molecule has 0 spiro atoms. The van der Waals surface area contributed by atoms with Crippen molar-refractivity contribution in [3.05, 3.63) is 29.3 Å². The maximum atomic E-state index is 12.8. The summed E-state index contributed by atoms with van der Waals surface area (Å²) in [6.45, 7) is 6.14. The van der Waals surface area contributed by atoms with Crippen molar-refractivity contribution in [2.45, 2.75) is 52.5 Å². The number of benzene rings is 1. The fraction of sp³-hybridized carbons (Fsp3) is 0.600. The van der Waals surface area contributed by atoms with E-state index in [0.29, 0.717) is 6.54 Å². The summed E-state index contributed by atoms with van der Waals surface area (Å²) in [6, 6.07) is 6.15. The number of amides is 1. The van der Waals surface area contributed by atoms with Gasteiger partial charge in [-0.15, -0.1) is 0 Å². The molecule has 1 atom stereocenters. The van der Waals surface area contributed by atoms with Crippen molar-refractivity contribution in [1.29, 1.82) is 0 Å². The van der Waals surface area contributed by atoms with E-state index in [1.54, 1.807) is 6.92 Å². The van der Waals surface area contributed by atoms with E-state index in [9.17, 15) is 9.59 Å². The van der Waals surface area contributed by atoms with Gasteiger partial charge in [-0.2, -0.15) is 0 Å². The Labute approximate surface area is 150 Å². The van der Waals surface area contributed by atoms with Crippen molar-refractivity contribution in [3.8, 4) is 5.75 Å². The Morgan fingerprint density at radius 3 is 2.56 bits per heavy atom. The predicted octanol–water partition coefficient (Wildman–Crippen LogP) is 3.26. The highest BCUT2D eigenvalue weighted by Gasteiger charge is 2.30. The minimum absolute atomic E-state index is 0.00527. The average molecular weight is 347 g/mol. The van der Waals surface area contributed by atoms with Gasteiger partial charge >= 0.3 is 5.97 Å².